The highest BCUT2D eigenvalue weighted by atomic mass is 31.2. The fraction of sp³-hybridized carbons (Fsp3) is 1.00. The molecular weight excluding hydrogens is 155 g/mol. The highest BCUT2D eigenvalue weighted by molar-refractivity contribution is 7.51. The van der Waals surface area contributed by atoms with Crippen LogP contribution < -0.4 is 0 Å². The van der Waals surface area contributed by atoms with Gasteiger partial charge in [0.25, 0.3) is 0 Å². The van der Waals surface area contributed by atoms with E-state index < -0.39 is 7.60 Å². The SMILES string of the molecule is O=P(O)(O)CCCC[SiH3]. The van der Waals surface area contributed by atoms with Crippen LogP contribution >= 0.6 is 7.60 Å². The average Bonchev–Trinajstić information content (AvgIpc) is 1.63. The van der Waals surface area contributed by atoms with Gasteiger partial charge in [-0.15, -0.1) is 0 Å². The molecule has 0 saturated heterocycles. The first-order chi connectivity index (χ1) is 4.06. The fourth-order valence-electron chi connectivity index (χ4n) is 0.568. The van der Waals surface area contributed by atoms with Crippen molar-refractivity contribution < 1.29 is 14.4 Å². The molecule has 0 aromatic heterocycles. The van der Waals surface area contributed by atoms with Crippen molar-refractivity contribution in [3.63, 3.8) is 0 Å². The molecule has 0 aliphatic carbocycles. The first-order valence-corrected chi connectivity index (χ1v) is 6.32. The second-order valence-corrected chi connectivity index (χ2v) is 4.87. The molecule has 0 bridgehead atoms. The van der Waals surface area contributed by atoms with Crippen LogP contribution in [0.25, 0.3) is 0 Å². The Morgan fingerprint density at radius 2 is 1.89 bits per heavy atom. The van der Waals surface area contributed by atoms with E-state index in [0.717, 1.165) is 22.7 Å². The minimum atomic E-state index is -3.68. The quantitative estimate of drug-likeness (QED) is 0.345. The third-order valence-corrected chi connectivity index (χ3v) is 2.66. The van der Waals surface area contributed by atoms with Crippen LogP contribution in [0.3, 0.4) is 0 Å². The maximum absolute atomic E-state index is 10.2. The van der Waals surface area contributed by atoms with E-state index in [1.165, 1.54) is 0 Å². The fourth-order valence-corrected chi connectivity index (χ4v) is 1.70. The monoisotopic (exact) mass is 168 g/mol. The highest BCUT2D eigenvalue weighted by Crippen LogP contribution is 2.35. The molecule has 0 fully saturated rings. The number of hydrogen-bond acceptors (Lipinski definition) is 1. The first kappa shape index (κ1) is 9.37. The predicted molar refractivity (Wildman–Crippen MR) is 40.9 cm³/mol. The van der Waals surface area contributed by atoms with Crippen LogP contribution in [-0.4, -0.2) is 26.2 Å². The van der Waals surface area contributed by atoms with Gasteiger partial charge in [-0.05, 0) is 6.42 Å². The Morgan fingerprint density at radius 1 is 1.33 bits per heavy atom. The smallest absolute Gasteiger partial charge is 0.324 e. The van der Waals surface area contributed by atoms with Gasteiger partial charge in [-0.3, -0.25) is 4.57 Å². The van der Waals surface area contributed by atoms with E-state index >= 15 is 0 Å². The lowest BCUT2D eigenvalue weighted by Crippen LogP contribution is -1.86. The van der Waals surface area contributed by atoms with Gasteiger partial charge in [0, 0.05) is 16.4 Å². The molecule has 3 nitrogen and oxygen atoms in total. The zero-order valence-electron chi connectivity index (χ0n) is 5.58. The molecule has 0 aromatic carbocycles. The molecule has 0 saturated carbocycles. The van der Waals surface area contributed by atoms with E-state index in [2.05, 4.69) is 0 Å². The third-order valence-electron chi connectivity index (χ3n) is 1.05. The Balaban J connectivity index is 3.18. The molecule has 0 unspecified atom stereocenters. The van der Waals surface area contributed by atoms with Crippen LogP contribution in [-0.2, 0) is 4.57 Å². The van der Waals surface area contributed by atoms with Gasteiger partial charge in [0.1, 0.15) is 0 Å². The zero-order chi connectivity index (χ0) is 7.33. The summed E-state index contributed by atoms with van der Waals surface area (Å²) in [4.78, 5) is 16.7. The lowest BCUT2D eigenvalue weighted by molar-refractivity contribution is 0.371. The van der Waals surface area contributed by atoms with E-state index in [1.807, 2.05) is 0 Å². The Labute approximate surface area is 58.1 Å². The standard InChI is InChI=1S/C4H13O3PSi/c5-8(6,7)3-1-2-4-9/h1-4H2,9H3,(H2,5,6,7). The first-order valence-electron chi connectivity index (χ1n) is 3.11. The normalized spacial score (nSPS) is 12.2. The number of hydrogen-bond donors (Lipinski definition) is 2. The van der Waals surface area contributed by atoms with E-state index in [0.29, 0.717) is 6.42 Å². The molecule has 0 rings (SSSR count). The van der Waals surface area contributed by atoms with Crippen molar-refractivity contribution >= 4 is 17.8 Å². The summed E-state index contributed by atoms with van der Waals surface area (Å²) in [5.74, 6) is 0. The second kappa shape index (κ2) is 4.23. The summed E-state index contributed by atoms with van der Waals surface area (Å²) in [6, 6.07) is 1.14. The molecule has 0 aliphatic heterocycles. The summed E-state index contributed by atoms with van der Waals surface area (Å²) >= 11 is 0. The minimum absolute atomic E-state index is 0.0647. The highest BCUT2D eigenvalue weighted by Gasteiger charge is 2.10. The number of rotatable bonds is 4. The maximum Gasteiger partial charge on any atom is 0.325 e. The molecular formula is C4H13O3PSi. The van der Waals surface area contributed by atoms with E-state index in [9.17, 15) is 4.57 Å². The van der Waals surface area contributed by atoms with Gasteiger partial charge in [-0.1, -0.05) is 12.5 Å². The van der Waals surface area contributed by atoms with Crippen molar-refractivity contribution in [3.8, 4) is 0 Å². The Kier molecular flexibility index (Phi) is 4.40. The second-order valence-electron chi connectivity index (χ2n) is 2.10. The number of unbranched alkanes of at least 4 members (excludes halogenated alkanes) is 1. The summed E-state index contributed by atoms with van der Waals surface area (Å²) in [5.41, 5.74) is 0. The lowest BCUT2D eigenvalue weighted by Gasteiger charge is -2.00. The molecule has 56 valence electrons. The molecule has 5 heteroatoms. The largest absolute Gasteiger partial charge is 0.325 e. The van der Waals surface area contributed by atoms with Gasteiger partial charge in [-0.25, -0.2) is 0 Å². The van der Waals surface area contributed by atoms with Gasteiger partial charge < -0.3 is 9.79 Å². The third kappa shape index (κ3) is 8.37. The summed E-state index contributed by atoms with van der Waals surface area (Å²) in [6.07, 6.45) is 1.71. The van der Waals surface area contributed by atoms with Gasteiger partial charge in [0.05, 0.1) is 0 Å². The summed E-state index contributed by atoms with van der Waals surface area (Å²) in [5, 5.41) is 0. The average molecular weight is 168 g/mol. The topological polar surface area (TPSA) is 57.5 Å². The molecule has 0 atom stereocenters. The van der Waals surface area contributed by atoms with Crippen molar-refractivity contribution in [1.29, 1.82) is 0 Å². The van der Waals surface area contributed by atoms with Crippen molar-refractivity contribution in [2.75, 3.05) is 6.16 Å². The summed E-state index contributed by atoms with van der Waals surface area (Å²) < 4.78 is 10.2. The van der Waals surface area contributed by atoms with Crippen LogP contribution in [0.1, 0.15) is 12.8 Å². The predicted octanol–water partition coefficient (Wildman–Crippen LogP) is -0.272. The molecule has 0 heterocycles. The Bertz CT molecular complexity index is 110. The molecule has 2 N–H and O–H groups in total. The molecule has 0 aliphatic rings. The van der Waals surface area contributed by atoms with Crippen molar-refractivity contribution in [2.45, 2.75) is 18.9 Å². The van der Waals surface area contributed by atoms with Crippen molar-refractivity contribution in [3.05, 3.63) is 0 Å². The van der Waals surface area contributed by atoms with Crippen LogP contribution in [0, 0.1) is 0 Å². The molecule has 0 amide bonds. The van der Waals surface area contributed by atoms with Gasteiger partial charge in [-0.2, -0.15) is 0 Å². The molecule has 0 spiro atoms. The van der Waals surface area contributed by atoms with E-state index in [4.69, 9.17) is 9.79 Å². The van der Waals surface area contributed by atoms with Crippen molar-refractivity contribution in [2.24, 2.45) is 0 Å². The molecule has 0 radical (unpaired) electrons. The van der Waals surface area contributed by atoms with Crippen LogP contribution in [0.5, 0.6) is 0 Å². The Hall–Kier alpha value is 0.367. The summed E-state index contributed by atoms with van der Waals surface area (Å²) in [7, 11) is -2.54. The van der Waals surface area contributed by atoms with E-state index in [1.54, 1.807) is 0 Å². The molecule has 0 aromatic rings. The van der Waals surface area contributed by atoms with Crippen LogP contribution in [0.4, 0.5) is 0 Å². The zero-order valence-corrected chi connectivity index (χ0v) is 8.47. The summed E-state index contributed by atoms with van der Waals surface area (Å²) in [6.45, 7) is 0. The molecule has 9 heavy (non-hydrogen) atoms. The minimum Gasteiger partial charge on any atom is -0.324 e. The van der Waals surface area contributed by atoms with Gasteiger partial charge >= 0.3 is 7.60 Å². The van der Waals surface area contributed by atoms with Crippen molar-refractivity contribution in [1.82, 2.24) is 0 Å². The van der Waals surface area contributed by atoms with E-state index in [-0.39, 0.29) is 6.16 Å². The maximum atomic E-state index is 10.2. The van der Waals surface area contributed by atoms with Gasteiger partial charge in [0.15, 0.2) is 0 Å². The van der Waals surface area contributed by atoms with Gasteiger partial charge in [0.2, 0.25) is 0 Å². The Morgan fingerprint density at radius 3 is 2.22 bits per heavy atom. The lowest BCUT2D eigenvalue weighted by atomic mass is 10.4. The van der Waals surface area contributed by atoms with Crippen LogP contribution in [0.15, 0.2) is 0 Å². The van der Waals surface area contributed by atoms with Crippen LogP contribution in [0.2, 0.25) is 6.04 Å².